The fraction of sp³-hybridized carbons (Fsp3) is 0.462. The van der Waals surface area contributed by atoms with E-state index < -0.39 is 0 Å². The van der Waals surface area contributed by atoms with Gasteiger partial charge in [0.2, 0.25) is 0 Å². The smallest absolute Gasteiger partial charge is 0.119 e. The highest BCUT2D eigenvalue weighted by molar-refractivity contribution is 5.89. The molecule has 3 nitrogen and oxygen atoms in total. The zero-order valence-electron chi connectivity index (χ0n) is 9.86. The molecule has 2 rings (SSSR count). The van der Waals surface area contributed by atoms with E-state index in [2.05, 4.69) is 29.4 Å². The Bertz CT molecular complexity index is 370. The molecule has 0 aliphatic carbocycles. The Balaban J connectivity index is 2.08. The SMILES string of the molecule is CCOc1ccc(C(C)C2=NCCN2)cc1. The van der Waals surface area contributed by atoms with Crippen LogP contribution in [0.15, 0.2) is 29.3 Å². The van der Waals surface area contributed by atoms with Crippen molar-refractivity contribution in [3.8, 4) is 5.75 Å². The quantitative estimate of drug-likeness (QED) is 0.840. The average Bonchev–Trinajstić information content (AvgIpc) is 2.83. The lowest BCUT2D eigenvalue weighted by Gasteiger charge is -2.13. The van der Waals surface area contributed by atoms with E-state index in [1.54, 1.807) is 0 Å². The summed E-state index contributed by atoms with van der Waals surface area (Å²) in [7, 11) is 0. The molecule has 0 bridgehead atoms. The van der Waals surface area contributed by atoms with Crippen molar-refractivity contribution in [2.45, 2.75) is 19.8 Å². The van der Waals surface area contributed by atoms with Gasteiger partial charge in [-0.3, -0.25) is 4.99 Å². The Morgan fingerprint density at radius 3 is 2.69 bits per heavy atom. The first-order valence-corrected chi connectivity index (χ1v) is 5.82. The molecule has 1 atom stereocenters. The second-order valence-corrected chi connectivity index (χ2v) is 3.92. The van der Waals surface area contributed by atoms with E-state index in [1.165, 1.54) is 5.56 Å². The number of benzene rings is 1. The van der Waals surface area contributed by atoms with Gasteiger partial charge in [0.05, 0.1) is 13.2 Å². The van der Waals surface area contributed by atoms with Crippen molar-refractivity contribution in [3.63, 3.8) is 0 Å². The van der Waals surface area contributed by atoms with Crippen LogP contribution < -0.4 is 10.1 Å². The van der Waals surface area contributed by atoms with Gasteiger partial charge in [-0.05, 0) is 24.6 Å². The van der Waals surface area contributed by atoms with E-state index in [4.69, 9.17) is 4.74 Å². The van der Waals surface area contributed by atoms with Gasteiger partial charge >= 0.3 is 0 Å². The van der Waals surface area contributed by atoms with Gasteiger partial charge in [-0.25, -0.2) is 0 Å². The topological polar surface area (TPSA) is 33.6 Å². The number of aliphatic imine (C=N–C) groups is 1. The molecule has 0 saturated carbocycles. The summed E-state index contributed by atoms with van der Waals surface area (Å²) in [5.74, 6) is 2.38. The summed E-state index contributed by atoms with van der Waals surface area (Å²) >= 11 is 0. The maximum atomic E-state index is 5.42. The van der Waals surface area contributed by atoms with Crippen molar-refractivity contribution < 1.29 is 4.74 Å². The molecule has 0 amide bonds. The largest absolute Gasteiger partial charge is 0.494 e. The van der Waals surface area contributed by atoms with Gasteiger partial charge in [0.1, 0.15) is 11.6 Å². The van der Waals surface area contributed by atoms with E-state index in [0.717, 1.165) is 24.7 Å². The fourth-order valence-corrected chi connectivity index (χ4v) is 1.88. The number of hydrogen-bond donors (Lipinski definition) is 1. The fourth-order valence-electron chi connectivity index (χ4n) is 1.88. The number of amidine groups is 1. The highest BCUT2D eigenvalue weighted by Gasteiger charge is 2.15. The Morgan fingerprint density at radius 1 is 1.38 bits per heavy atom. The third-order valence-electron chi connectivity index (χ3n) is 2.80. The molecule has 0 fully saturated rings. The maximum absolute atomic E-state index is 5.42. The summed E-state index contributed by atoms with van der Waals surface area (Å²) < 4.78 is 5.42. The van der Waals surface area contributed by atoms with Gasteiger partial charge in [-0.15, -0.1) is 0 Å². The second-order valence-electron chi connectivity index (χ2n) is 3.92. The zero-order chi connectivity index (χ0) is 11.4. The number of hydrogen-bond acceptors (Lipinski definition) is 3. The van der Waals surface area contributed by atoms with Crippen LogP contribution >= 0.6 is 0 Å². The first-order chi connectivity index (χ1) is 7.81. The molecule has 0 aromatic heterocycles. The van der Waals surface area contributed by atoms with Crippen LogP contribution in [-0.4, -0.2) is 25.5 Å². The van der Waals surface area contributed by atoms with Gasteiger partial charge in [0.25, 0.3) is 0 Å². The van der Waals surface area contributed by atoms with E-state index in [1.807, 2.05) is 19.1 Å². The first kappa shape index (κ1) is 11.0. The summed E-state index contributed by atoms with van der Waals surface area (Å²) in [5, 5.41) is 3.31. The first-order valence-electron chi connectivity index (χ1n) is 5.82. The van der Waals surface area contributed by atoms with Crippen molar-refractivity contribution in [1.82, 2.24) is 5.32 Å². The van der Waals surface area contributed by atoms with E-state index in [9.17, 15) is 0 Å². The monoisotopic (exact) mass is 218 g/mol. The van der Waals surface area contributed by atoms with Gasteiger partial charge < -0.3 is 10.1 Å². The van der Waals surface area contributed by atoms with Gasteiger partial charge in [0, 0.05) is 12.5 Å². The lowest BCUT2D eigenvalue weighted by atomic mass is 10.00. The number of ether oxygens (including phenoxy) is 1. The molecular formula is C13H18N2O. The molecular weight excluding hydrogens is 200 g/mol. The number of nitrogens with zero attached hydrogens (tertiary/aromatic N) is 1. The minimum Gasteiger partial charge on any atom is -0.494 e. The molecule has 16 heavy (non-hydrogen) atoms. The minimum absolute atomic E-state index is 0.346. The van der Waals surface area contributed by atoms with E-state index in [-0.39, 0.29) is 0 Å². The third-order valence-corrected chi connectivity index (χ3v) is 2.80. The molecule has 1 aliphatic rings. The Kier molecular flexibility index (Phi) is 3.44. The summed E-state index contributed by atoms with van der Waals surface area (Å²) in [6.07, 6.45) is 0. The van der Waals surface area contributed by atoms with Crippen LogP contribution in [0.5, 0.6) is 5.75 Å². The van der Waals surface area contributed by atoms with Crippen LogP contribution in [-0.2, 0) is 0 Å². The normalized spacial score (nSPS) is 16.5. The standard InChI is InChI=1S/C13H18N2O/c1-3-16-12-6-4-11(5-7-12)10(2)13-14-8-9-15-13/h4-7,10H,3,8-9H2,1-2H3,(H,14,15). The molecule has 0 saturated heterocycles. The van der Waals surface area contributed by atoms with Gasteiger partial charge in [-0.1, -0.05) is 19.1 Å². The Hall–Kier alpha value is -1.51. The van der Waals surface area contributed by atoms with Crippen LogP contribution in [0.4, 0.5) is 0 Å². The van der Waals surface area contributed by atoms with Crippen molar-refractivity contribution in [2.75, 3.05) is 19.7 Å². The molecule has 1 aromatic rings. The van der Waals surface area contributed by atoms with Gasteiger partial charge in [-0.2, -0.15) is 0 Å². The van der Waals surface area contributed by atoms with Gasteiger partial charge in [0.15, 0.2) is 0 Å². The number of rotatable bonds is 4. The summed E-state index contributed by atoms with van der Waals surface area (Å²) in [6.45, 7) is 6.75. The molecule has 1 heterocycles. The molecule has 1 aliphatic heterocycles. The molecule has 3 heteroatoms. The summed E-state index contributed by atoms with van der Waals surface area (Å²) in [6, 6.07) is 8.26. The molecule has 86 valence electrons. The lowest BCUT2D eigenvalue weighted by Crippen LogP contribution is -2.23. The van der Waals surface area contributed by atoms with E-state index in [0.29, 0.717) is 12.5 Å². The van der Waals surface area contributed by atoms with Crippen molar-refractivity contribution in [2.24, 2.45) is 4.99 Å². The number of nitrogens with one attached hydrogen (secondary N) is 1. The molecule has 0 radical (unpaired) electrons. The zero-order valence-corrected chi connectivity index (χ0v) is 9.86. The van der Waals surface area contributed by atoms with Crippen LogP contribution in [0.1, 0.15) is 25.3 Å². The highest BCUT2D eigenvalue weighted by atomic mass is 16.5. The lowest BCUT2D eigenvalue weighted by molar-refractivity contribution is 0.340. The third kappa shape index (κ3) is 2.35. The van der Waals surface area contributed by atoms with Crippen LogP contribution in [0, 0.1) is 0 Å². The van der Waals surface area contributed by atoms with Crippen LogP contribution in [0.2, 0.25) is 0 Å². The molecule has 1 N–H and O–H groups in total. The van der Waals surface area contributed by atoms with Crippen molar-refractivity contribution in [3.05, 3.63) is 29.8 Å². The predicted molar refractivity (Wildman–Crippen MR) is 66.3 cm³/mol. The summed E-state index contributed by atoms with van der Waals surface area (Å²) in [4.78, 5) is 4.45. The van der Waals surface area contributed by atoms with Crippen molar-refractivity contribution >= 4 is 5.84 Å². The Morgan fingerprint density at radius 2 is 2.12 bits per heavy atom. The van der Waals surface area contributed by atoms with Crippen LogP contribution in [0.25, 0.3) is 0 Å². The van der Waals surface area contributed by atoms with Crippen molar-refractivity contribution in [1.29, 1.82) is 0 Å². The second kappa shape index (κ2) is 5.01. The maximum Gasteiger partial charge on any atom is 0.119 e. The molecule has 1 unspecified atom stereocenters. The van der Waals surface area contributed by atoms with Crippen LogP contribution in [0.3, 0.4) is 0 Å². The predicted octanol–water partition coefficient (Wildman–Crippen LogP) is 2.19. The van der Waals surface area contributed by atoms with E-state index >= 15 is 0 Å². The Labute approximate surface area is 96.5 Å². The highest BCUT2D eigenvalue weighted by Crippen LogP contribution is 2.20. The molecule has 0 spiro atoms. The summed E-state index contributed by atoms with van der Waals surface area (Å²) in [5.41, 5.74) is 1.27. The average molecular weight is 218 g/mol. The molecule has 1 aromatic carbocycles. The minimum atomic E-state index is 0.346.